The van der Waals surface area contributed by atoms with Gasteiger partial charge in [-0.1, -0.05) is 46.0 Å². The number of ether oxygens (including phenoxy) is 2. The van der Waals surface area contributed by atoms with Gasteiger partial charge in [0.2, 0.25) is 0 Å². The van der Waals surface area contributed by atoms with Crippen molar-refractivity contribution in [3.63, 3.8) is 0 Å². The number of esters is 4. The zero-order valence-corrected chi connectivity index (χ0v) is 16.7. The van der Waals surface area contributed by atoms with Crippen molar-refractivity contribution in [3.05, 3.63) is 22.3 Å². The molecule has 6 nitrogen and oxygen atoms in total. The van der Waals surface area contributed by atoms with Crippen LogP contribution in [-0.2, 0) is 28.7 Å². The second kappa shape index (κ2) is 8.84. The molecule has 152 valence electrons. The Morgan fingerprint density at radius 2 is 1.25 bits per heavy atom. The predicted molar refractivity (Wildman–Crippen MR) is 101 cm³/mol. The van der Waals surface area contributed by atoms with Crippen molar-refractivity contribution >= 4 is 23.9 Å². The molecule has 3 aliphatic rings. The highest BCUT2D eigenvalue weighted by atomic mass is 16.6. The fourth-order valence-electron chi connectivity index (χ4n) is 4.49. The molecule has 0 aromatic heterocycles. The van der Waals surface area contributed by atoms with E-state index < -0.39 is 23.9 Å². The largest absolute Gasteiger partial charge is 0.386 e. The third-order valence-electron chi connectivity index (χ3n) is 5.99. The lowest BCUT2D eigenvalue weighted by atomic mass is 9.84. The Kier molecular flexibility index (Phi) is 6.47. The minimum absolute atomic E-state index is 0.00115. The molecule has 0 N–H and O–H groups in total. The molecule has 0 aromatic rings. The monoisotopic (exact) mass is 388 g/mol. The molecule has 3 rings (SSSR count). The summed E-state index contributed by atoms with van der Waals surface area (Å²) in [6.07, 6.45) is 7.38. The van der Waals surface area contributed by atoms with Crippen LogP contribution in [0.4, 0.5) is 0 Å². The van der Waals surface area contributed by atoms with Gasteiger partial charge in [0, 0.05) is 16.7 Å². The van der Waals surface area contributed by atoms with E-state index in [0.29, 0.717) is 41.6 Å². The molecule has 28 heavy (non-hydrogen) atoms. The lowest BCUT2D eigenvalue weighted by Crippen LogP contribution is -2.15. The smallest absolute Gasteiger partial charge is 0.342 e. The lowest BCUT2D eigenvalue weighted by molar-refractivity contribution is -0.153. The van der Waals surface area contributed by atoms with E-state index in [4.69, 9.17) is 9.47 Å². The van der Waals surface area contributed by atoms with Crippen LogP contribution in [0.25, 0.3) is 0 Å². The van der Waals surface area contributed by atoms with E-state index in [1.54, 1.807) is 0 Å². The summed E-state index contributed by atoms with van der Waals surface area (Å²) in [5.41, 5.74) is 1.69. The summed E-state index contributed by atoms with van der Waals surface area (Å²) in [5.74, 6) is -2.60. The van der Waals surface area contributed by atoms with Crippen molar-refractivity contribution < 1.29 is 28.7 Å². The van der Waals surface area contributed by atoms with E-state index in [-0.39, 0.29) is 18.3 Å². The fourth-order valence-corrected chi connectivity index (χ4v) is 4.49. The summed E-state index contributed by atoms with van der Waals surface area (Å²) >= 11 is 0. The Bertz CT molecular complexity index is 757. The standard InChI is InChI=1S/C22H28O6/c1-3-5-7-9-14-12-16-15(19(23)27-20(16)24)10-13(8-6-4-2)11-17-18(14)22(26)28-21(17)25/h13-14H,3-12H2,1-2H3. The molecule has 2 atom stereocenters. The molecule has 0 saturated heterocycles. The average molecular weight is 388 g/mol. The molecule has 0 spiro atoms. The van der Waals surface area contributed by atoms with Crippen LogP contribution >= 0.6 is 0 Å². The zero-order chi connectivity index (χ0) is 20.3. The molecule has 0 bridgehead atoms. The first-order valence-electron chi connectivity index (χ1n) is 10.4. The summed E-state index contributed by atoms with van der Waals surface area (Å²) in [6, 6.07) is 0. The zero-order valence-electron chi connectivity index (χ0n) is 16.7. The molecule has 2 heterocycles. The van der Waals surface area contributed by atoms with Gasteiger partial charge in [-0.2, -0.15) is 0 Å². The van der Waals surface area contributed by atoms with Gasteiger partial charge in [-0.05, 0) is 43.9 Å². The Hall–Kier alpha value is -2.24. The second-order valence-electron chi connectivity index (χ2n) is 8.02. The maximum Gasteiger partial charge on any atom is 0.342 e. The summed E-state index contributed by atoms with van der Waals surface area (Å²) in [4.78, 5) is 49.5. The van der Waals surface area contributed by atoms with Crippen molar-refractivity contribution in [1.29, 1.82) is 0 Å². The van der Waals surface area contributed by atoms with Crippen molar-refractivity contribution in [2.24, 2.45) is 11.8 Å². The van der Waals surface area contributed by atoms with Crippen LogP contribution in [0.2, 0.25) is 0 Å². The Morgan fingerprint density at radius 3 is 1.93 bits per heavy atom. The van der Waals surface area contributed by atoms with Gasteiger partial charge in [-0.15, -0.1) is 0 Å². The highest BCUT2D eigenvalue weighted by molar-refractivity contribution is 6.14. The average Bonchev–Trinajstić information content (AvgIpc) is 3.09. The summed E-state index contributed by atoms with van der Waals surface area (Å²) in [5, 5.41) is 0. The van der Waals surface area contributed by atoms with Gasteiger partial charge in [0.1, 0.15) is 0 Å². The molecule has 0 fully saturated rings. The molecule has 0 radical (unpaired) electrons. The van der Waals surface area contributed by atoms with Gasteiger partial charge >= 0.3 is 23.9 Å². The number of cyclic esters (lactones) is 4. The number of hydrogen-bond acceptors (Lipinski definition) is 6. The van der Waals surface area contributed by atoms with E-state index in [0.717, 1.165) is 38.5 Å². The third-order valence-corrected chi connectivity index (χ3v) is 5.99. The molecule has 2 unspecified atom stereocenters. The Labute approximate surface area is 165 Å². The second-order valence-corrected chi connectivity index (χ2v) is 8.02. The number of carbonyl (C=O) groups excluding carboxylic acids is 4. The van der Waals surface area contributed by atoms with E-state index in [2.05, 4.69) is 13.8 Å². The van der Waals surface area contributed by atoms with E-state index in [1.807, 2.05) is 0 Å². The minimum atomic E-state index is -0.600. The maximum atomic E-state index is 12.5. The van der Waals surface area contributed by atoms with Gasteiger partial charge in [0.05, 0.1) is 5.57 Å². The van der Waals surface area contributed by atoms with Crippen molar-refractivity contribution in [2.45, 2.75) is 78.1 Å². The summed E-state index contributed by atoms with van der Waals surface area (Å²) in [7, 11) is 0. The van der Waals surface area contributed by atoms with Crippen molar-refractivity contribution in [1.82, 2.24) is 0 Å². The highest BCUT2D eigenvalue weighted by Crippen LogP contribution is 2.42. The van der Waals surface area contributed by atoms with Crippen molar-refractivity contribution in [3.8, 4) is 0 Å². The minimum Gasteiger partial charge on any atom is -0.386 e. The molecule has 2 aliphatic heterocycles. The van der Waals surface area contributed by atoms with Gasteiger partial charge < -0.3 is 9.47 Å². The molecular weight excluding hydrogens is 360 g/mol. The van der Waals surface area contributed by atoms with Crippen LogP contribution in [0, 0.1) is 11.8 Å². The quantitative estimate of drug-likeness (QED) is 0.373. The topological polar surface area (TPSA) is 86.7 Å². The third kappa shape index (κ3) is 4.10. The number of carbonyl (C=O) groups is 4. The maximum absolute atomic E-state index is 12.5. The van der Waals surface area contributed by atoms with E-state index in [9.17, 15) is 19.2 Å². The molecule has 0 saturated carbocycles. The molecule has 6 heteroatoms. The highest BCUT2D eigenvalue weighted by Gasteiger charge is 2.43. The van der Waals surface area contributed by atoms with E-state index >= 15 is 0 Å². The Morgan fingerprint density at radius 1 is 0.679 bits per heavy atom. The Balaban J connectivity index is 2.02. The summed E-state index contributed by atoms with van der Waals surface area (Å²) in [6.45, 7) is 4.17. The van der Waals surface area contributed by atoms with Crippen LogP contribution in [0.3, 0.4) is 0 Å². The molecule has 0 amide bonds. The number of unbranched alkanes of at least 4 members (excludes halogenated alkanes) is 3. The first-order chi connectivity index (χ1) is 13.5. The predicted octanol–water partition coefficient (Wildman–Crippen LogP) is 3.93. The molecule has 1 aliphatic carbocycles. The fraction of sp³-hybridized carbons (Fsp3) is 0.636. The summed E-state index contributed by atoms with van der Waals surface area (Å²) < 4.78 is 9.85. The van der Waals surface area contributed by atoms with Gasteiger partial charge in [-0.25, -0.2) is 19.2 Å². The van der Waals surface area contributed by atoms with Gasteiger partial charge in [0.25, 0.3) is 0 Å². The van der Waals surface area contributed by atoms with Crippen LogP contribution in [0.15, 0.2) is 22.3 Å². The first kappa shape index (κ1) is 20.5. The number of rotatable bonds is 7. The molecule has 0 aromatic carbocycles. The SMILES string of the molecule is CCCCCC1CC2=C(CC(CCCC)CC3=C1C(=O)OC3=O)C(=O)OC2=O. The van der Waals surface area contributed by atoms with Gasteiger partial charge in [-0.3, -0.25) is 0 Å². The lowest BCUT2D eigenvalue weighted by Gasteiger charge is -2.17. The van der Waals surface area contributed by atoms with Crippen molar-refractivity contribution in [2.75, 3.05) is 0 Å². The first-order valence-corrected chi connectivity index (χ1v) is 10.4. The normalized spacial score (nSPS) is 25.2. The molecular formula is C22H28O6. The van der Waals surface area contributed by atoms with Crippen LogP contribution in [0.5, 0.6) is 0 Å². The van der Waals surface area contributed by atoms with E-state index in [1.165, 1.54) is 0 Å². The van der Waals surface area contributed by atoms with Crippen LogP contribution < -0.4 is 0 Å². The number of hydrogen-bond donors (Lipinski definition) is 0. The van der Waals surface area contributed by atoms with Crippen LogP contribution in [0.1, 0.15) is 78.1 Å². The van der Waals surface area contributed by atoms with Gasteiger partial charge in [0.15, 0.2) is 0 Å². The van der Waals surface area contributed by atoms with Crippen LogP contribution in [-0.4, -0.2) is 23.9 Å².